The molecule has 0 heterocycles. The Kier molecular flexibility index (Phi) is 11.2. The molecular formula is C9H14O4. The number of carboxylic acids is 1. The fourth-order valence-corrected chi connectivity index (χ4v) is 0.249. The molecule has 0 aromatic rings. The van der Waals surface area contributed by atoms with Crippen LogP contribution in [0.15, 0.2) is 24.3 Å². The van der Waals surface area contributed by atoms with Crippen LogP contribution in [-0.4, -0.2) is 24.2 Å². The third-order valence-electron chi connectivity index (χ3n) is 0.830. The van der Waals surface area contributed by atoms with Crippen molar-refractivity contribution in [1.29, 1.82) is 0 Å². The van der Waals surface area contributed by atoms with E-state index in [0.717, 1.165) is 6.08 Å². The minimum Gasteiger partial charge on any atom is -0.478 e. The number of hydrogen-bond donors (Lipinski definition) is 1. The molecule has 0 saturated carbocycles. The van der Waals surface area contributed by atoms with Crippen LogP contribution >= 0.6 is 0 Å². The third-order valence-corrected chi connectivity index (χ3v) is 0.830. The molecule has 0 radical (unpaired) electrons. The molecule has 0 aliphatic rings. The lowest BCUT2D eigenvalue weighted by atomic mass is 10.4. The fourth-order valence-electron chi connectivity index (χ4n) is 0.249. The van der Waals surface area contributed by atoms with Gasteiger partial charge in [0.15, 0.2) is 0 Å². The van der Waals surface area contributed by atoms with Crippen LogP contribution in [0.1, 0.15) is 13.8 Å². The molecule has 0 aromatic carbocycles. The van der Waals surface area contributed by atoms with Gasteiger partial charge in [-0.15, -0.1) is 0 Å². The Labute approximate surface area is 77.5 Å². The molecule has 1 N–H and O–H groups in total. The van der Waals surface area contributed by atoms with E-state index in [-0.39, 0.29) is 5.97 Å². The van der Waals surface area contributed by atoms with Gasteiger partial charge in [0, 0.05) is 13.0 Å². The predicted molar refractivity (Wildman–Crippen MR) is 49.3 cm³/mol. The van der Waals surface area contributed by atoms with Gasteiger partial charge in [-0.3, -0.25) is 4.79 Å². The molecule has 4 heteroatoms. The molecule has 0 fully saturated rings. The molecule has 0 aliphatic heterocycles. The molecule has 74 valence electrons. The van der Waals surface area contributed by atoms with Crippen LogP contribution in [0, 0.1) is 0 Å². The number of esters is 1. The maximum Gasteiger partial charge on any atom is 0.328 e. The quantitative estimate of drug-likeness (QED) is 0.402. The highest BCUT2D eigenvalue weighted by molar-refractivity contribution is 5.80. The summed E-state index contributed by atoms with van der Waals surface area (Å²) in [7, 11) is 1.35. The Bertz CT molecular complexity index is 204. The van der Waals surface area contributed by atoms with Gasteiger partial charge in [-0.05, 0) is 6.92 Å². The van der Waals surface area contributed by atoms with E-state index < -0.39 is 5.97 Å². The van der Waals surface area contributed by atoms with Crippen molar-refractivity contribution in [3.63, 3.8) is 0 Å². The van der Waals surface area contributed by atoms with E-state index in [4.69, 9.17) is 5.11 Å². The second kappa shape index (κ2) is 10.4. The number of aliphatic carboxylic acids is 1. The standard InChI is InChI=1S/C6H8O2.C3H6O2/c1-2-3-4-5-6(7)8;1-3(4)5-2/h2-5H,1H3,(H,7,8);1-2H3/b3-2+,5-4+;. The molecule has 0 spiro atoms. The summed E-state index contributed by atoms with van der Waals surface area (Å²) in [5.41, 5.74) is 0. The first-order valence-corrected chi connectivity index (χ1v) is 3.61. The van der Waals surface area contributed by atoms with Crippen molar-refractivity contribution in [2.24, 2.45) is 0 Å². The van der Waals surface area contributed by atoms with Crippen LogP contribution in [0.3, 0.4) is 0 Å². The van der Waals surface area contributed by atoms with Gasteiger partial charge in [-0.1, -0.05) is 18.2 Å². The Hall–Kier alpha value is -1.58. The largest absolute Gasteiger partial charge is 0.478 e. The molecule has 0 atom stereocenters. The summed E-state index contributed by atoms with van der Waals surface area (Å²) in [5, 5.41) is 8.02. The molecule has 0 rings (SSSR count). The van der Waals surface area contributed by atoms with Crippen LogP contribution in [0.4, 0.5) is 0 Å². The van der Waals surface area contributed by atoms with Crippen LogP contribution < -0.4 is 0 Å². The van der Waals surface area contributed by atoms with E-state index in [1.807, 2.05) is 6.92 Å². The Morgan fingerprint density at radius 3 is 2.00 bits per heavy atom. The van der Waals surface area contributed by atoms with E-state index >= 15 is 0 Å². The molecule has 4 nitrogen and oxygen atoms in total. The summed E-state index contributed by atoms with van der Waals surface area (Å²) in [4.78, 5) is 19.3. The molecule has 0 saturated heterocycles. The minimum absolute atomic E-state index is 0.245. The first-order chi connectivity index (χ1) is 6.04. The average molecular weight is 186 g/mol. The number of methoxy groups -OCH3 is 1. The van der Waals surface area contributed by atoms with Crippen molar-refractivity contribution in [3.8, 4) is 0 Å². The first-order valence-electron chi connectivity index (χ1n) is 3.61. The van der Waals surface area contributed by atoms with Gasteiger partial charge in [0.2, 0.25) is 0 Å². The lowest BCUT2D eigenvalue weighted by molar-refractivity contribution is -0.138. The second-order valence-electron chi connectivity index (χ2n) is 1.92. The number of carbonyl (C=O) groups is 2. The van der Waals surface area contributed by atoms with Gasteiger partial charge in [0.1, 0.15) is 0 Å². The summed E-state index contributed by atoms with van der Waals surface area (Å²) in [6.45, 7) is 3.19. The summed E-state index contributed by atoms with van der Waals surface area (Å²) in [5.74, 6) is -1.16. The van der Waals surface area contributed by atoms with Gasteiger partial charge in [0.25, 0.3) is 0 Å². The summed E-state index contributed by atoms with van der Waals surface area (Å²) in [6, 6.07) is 0. The van der Waals surface area contributed by atoms with E-state index in [1.54, 1.807) is 12.2 Å². The Balaban J connectivity index is 0. The van der Waals surface area contributed by atoms with E-state index in [2.05, 4.69) is 4.74 Å². The van der Waals surface area contributed by atoms with Crippen molar-refractivity contribution in [2.45, 2.75) is 13.8 Å². The van der Waals surface area contributed by atoms with Crippen LogP contribution in [-0.2, 0) is 14.3 Å². The number of carboxylic acid groups (broad SMARTS) is 1. The molecule has 13 heavy (non-hydrogen) atoms. The Morgan fingerprint density at radius 2 is 1.77 bits per heavy atom. The van der Waals surface area contributed by atoms with E-state index in [0.29, 0.717) is 0 Å². The highest BCUT2D eigenvalue weighted by Crippen LogP contribution is 1.74. The summed E-state index contributed by atoms with van der Waals surface area (Å²) in [6.07, 6.45) is 5.98. The maximum absolute atomic E-state index is 9.75. The van der Waals surface area contributed by atoms with Crippen molar-refractivity contribution in [2.75, 3.05) is 7.11 Å². The van der Waals surface area contributed by atoms with Crippen molar-refractivity contribution < 1.29 is 19.4 Å². The summed E-state index contributed by atoms with van der Waals surface area (Å²) >= 11 is 0. The van der Waals surface area contributed by atoms with Gasteiger partial charge in [-0.25, -0.2) is 4.79 Å². The maximum atomic E-state index is 9.75. The molecule has 0 bridgehead atoms. The summed E-state index contributed by atoms with van der Waals surface area (Å²) < 4.78 is 4.11. The zero-order chi connectivity index (χ0) is 10.7. The van der Waals surface area contributed by atoms with Crippen molar-refractivity contribution in [1.82, 2.24) is 0 Å². The minimum atomic E-state index is -0.914. The monoisotopic (exact) mass is 186 g/mol. The van der Waals surface area contributed by atoms with Gasteiger partial charge >= 0.3 is 11.9 Å². The SMILES string of the molecule is C/C=C/C=C/C(=O)O.COC(C)=O. The zero-order valence-corrected chi connectivity index (χ0v) is 7.98. The molecular weight excluding hydrogens is 172 g/mol. The number of carbonyl (C=O) groups excluding carboxylic acids is 1. The molecule has 0 aromatic heterocycles. The fraction of sp³-hybridized carbons (Fsp3) is 0.333. The lowest BCUT2D eigenvalue weighted by Gasteiger charge is -1.80. The smallest absolute Gasteiger partial charge is 0.328 e. The number of rotatable bonds is 2. The number of hydrogen-bond acceptors (Lipinski definition) is 3. The highest BCUT2D eigenvalue weighted by Gasteiger charge is 1.78. The molecule has 0 aliphatic carbocycles. The number of ether oxygens (including phenoxy) is 1. The predicted octanol–water partition coefficient (Wildman–Crippen LogP) is 1.38. The molecule has 0 amide bonds. The van der Waals surface area contributed by atoms with E-state index in [1.165, 1.54) is 20.1 Å². The average Bonchev–Trinajstić information content (AvgIpc) is 2.05. The lowest BCUT2D eigenvalue weighted by Crippen LogP contribution is -1.88. The molecule has 0 unspecified atom stereocenters. The van der Waals surface area contributed by atoms with Crippen molar-refractivity contribution in [3.05, 3.63) is 24.3 Å². The third kappa shape index (κ3) is 25.1. The van der Waals surface area contributed by atoms with Crippen LogP contribution in [0.25, 0.3) is 0 Å². The zero-order valence-electron chi connectivity index (χ0n) is 7.98. The van der Waals surface area contributed by atoms with Gasteiger partial charge < -0.3 is 9.84 Å². The van der Waals surface area contributed by atoms with Crippen LogP contribution in [0.2, 0.25) is 0 Å². The number of allylic oxidation sites excluding steroid dienone is 3. The second-order valence-corrected chi connectivity index (χ2v) is 1.92. The topological polar surface area (TPSA) is 63.6 Å². The normalized spacial score (nSPS) is 9.46. The van der Waals surface area contributed by atoms with Gasteiger partial charge in [-0.2, -0.15) is 0 Å². The van der Waals surface area contributed by atoms with Crippen LogP contribution in [0.5, 0.6) is 0 Å². The first kappa shape index (κ1) is 14.0. The van der Waals surface area contributed by atoms with Crippen molar-refractivity contribution >= 4 is 11.9 Å². The Morgan fingerprint density at radius 1 is 1.31 bits per heavy atom. The van der Waals surface area contributed by atoms with Gasteiger partial charge in [0.05, 0.1) is 7.11 Å². The highest BCUT2D eigenvalue weighted by atomic mass is 16.5. The van der Waals surface area contributed by atoms with E-state index in [9.17, 15) is 9.59 Å².